The van der Waals surface area contributed by atoms with Crippen LogP contribution in [0.15, 0.2) is 19.4 Å². The van der Waals surface area contributed by atoms with Gasteiger partial charge in [0, 0.05) is 12.4 Å². The molecule has 0 bridgehead atoms. The Hall–Kier alpha value is -1.31. The predicted octanol–water partition coefficient (Wildman–Crippen LogP) is 2.33. The van der Waals surface area contributed by atoms with Gasteiger partial charge in [-0.2, -0.15) is 0 Å². The molecule has 11 heavy (non-hydrogen) atoms. The maximum absolute atomic E-state index is 4.27. The molecular weight excluding hydrogens is 136 g/mol. The Kier molecular flexibility index (Phi) is 1.94. The lowest BCUT2D eigenvalue weighted by atomic mass is 10.3. The van der Waals surface area contributed by atoms with Gasteiger partial charge in [0.25, 0.3) is 0 Å². The molecule has 1 aromatic rings. The van der Waals surface area contributed by atoms with Crippen molar-refractivity contribution in [3.8, 4) is 0 Å². The first-order chi connectivity index (χ1) is 5.15. The Morgan fingerprint density at radius 3 is 2.73 bits per heavy atom. The first-order valence-corrected chi connectivity index (χ1v) is 3.49. The first kappa shape index (κ1) is 7.79. The Bertz CT molecular complexity index is 295. The number of rotatable bonds is 2. The lowest BCUT2D eigenvalue weighted by molar-refractivity contribution is 1.09. The summed E-state index contributed by atoms with van der Waals surface area (Å²) >= 11 is 0. The fraction of sp³-hybridized carbons (Fsp3) is 0.222. The molecule has 0 spiro atoms. The van der Waals surface area contributed by atoms with Crippen LogP contribution in [0.2, 0.25) is 0 Å². The smallest absolute Gasteiger partial charge is 0.139 e. The highest BCUT2D eigenvalue weighted by atomic mass is 15.1. The van der Waals surface area contributed by atoms with Crippen molar-refractivity contribution in [2.24, 2.45) is 0 Å². The van der Waals surface area contributed by atoms with Crippen LogP contribution in [0, 0.1) is 6.92 Å². The van der Waals surface area contributed by atoms with E-state index in [1.54, 1.807) is 6.20 Å². The number of hydrogen-bond acceptors (Lipinski definition) is 1. The Morgan fingerprint density at radius 2 is 2.36 bits per heavy atom. The van der Waals surface area contributed by atoms with Crippen LogP contribution in [0.4, 0.5) is 0 Å². The molecule has 0 amide bonds. The summed E-state index contributed by atoms with van der Waals surface area (Å²) in [5, 5.41) is 0. The molecule has 0 unspecified atom stereocenters. The Labute approximate surface area is 66.9 Å². The fourth-order valence-electron chi connectivity index (χ4n) is 0.971. The van der Waals surface area contributed by atoms with Crippen molar-refractivity contribution >= 4 is 11.8 Å². The lowest BCUT2D eigenvalue weighted by Crippen LogP contribution is -1.90. The van der Waals surface area contributed by atoms with E-state index in [-0.39, 0.29) is 0 Å². The molecule has 0 aliphatic heterocycles. The van der Waals surface area contributed by atoms with Crippen LogP contribution in [0.25, 0.3) is 11.8 Å². The highest BCUT2D eigenvalue weighted by Gasteiger charge is 2.01. The molecule has 2 heteroatoms. The molecule has 0 atom stereocenters. The normalized spacial score (nSPS) is 9.64. The first-order valence-electron chi connectivity index (χ1n) is 3.49. The highest BCUT2D eigenvalue weighted by molar-refractivity contribution is 5.57. The maximum atomic E-state index is 4.27. The van der Waals surface area contributed by atoms with Crippen molar-refractivity contribution < 1.29 is 0 Å². The molecule has 2 nitrogen and oxygen atoms in total. The van der Waals surface area contributed by atoms with Gasteiger partial charge in [0.2, 0.25) is 0 Å². The van der Waals surface area contributed by atoms with Crippen molar-refractivity contribution in [3.05, 3.63) is 30.9 Å². The minimum absolute atomic E-state index is 0.887. The summed E-state index contributed by atoms with van der Waals surface area (Å²) in [5.74, 6) is 0.887. The van der Waals surface area contributed by atoms with Crippen LogP contribution in [0.5, 0.6) is 0 Å². The summed E-state index contributed by atoms with van der Waals surface area (Å²) in [6.45, 7) is 11.4. The maximum Gasteiger partial charge on any atom is 0.139 e. The summed E-state index contributed by atoms with van der Waals surface area (Å²) < 4.78 is 1.87. The second kappa shape index (κ2) is 2.74. The van der Waals surface area contributed by atoms with Gasteiger partial charge >= 0.3 is 0 Å². The van der Waals surface area contributed by atoms with Gasteiger partial charge in [-0.25, -0.2) is 4.98 Å². The standard InChI is InChI=1S/C9H12N2/c1-5-11-6-8(4)10-9(11)7(2)3/h5-6H,1-2H2,3-4H3. The zero-order valence-electron chi connectivity index (χ0n) is 6.96. The Balaban J connectivity index is 3.22. The van der Waals surface area contributed by atoms with Crippen LogP contribution < -0.4 is 0 Å². The van der Waals surface area contributed by atoms with Gasteiger partial charge in [-0.15, -0.1) is 0 Å². The van der Waals surface area contributed by atoms with Crippen LogP contribution in [-0.4, -0.2) is 9.55 Å². The highest BCUT2D eigenvalue weighted by Crippen LogP contribution is 2.10. The van der Waals surface area contributed by atoms with E-state index in [2.05, 4.69) is 18.1 Å². The van der Waals surface area contributed by atoms with Gasteiger partial charge in [-0.05, 0) is 19.4 Å². The largest absolute Gasteiger partial charge is 0.307 e. The van der Waals surface area contributed by atoms with Crippen molar-refractivity contribution in [2.75, 3.05) is 0 Å². The number of aromatic nitrogens is 2. The minimum atomic E-state index is 0.887. The molecule has 0 radical (unpaired) electrons. The third-order valence-corrected chi connectivity index (χ3v) is 1.43. The molecule has 0 N–H and O–H groups in total. The summed E-state index contributed by atoms with van der Waals surface area (Å²) in [4.78, 5) is 4.27. The van der Waals surface area contributed by atoms with Crippen molar-refractivity contribution in [1.29, 1.82) is 0 Å². The van der Waals surface area contributed by atoms with Crippen LogP contribution in [0.3, 0.4) is 0 Å². The average molecular weight is 148 g/mol. The van der Waals surface area contributed by atoms with E-state index in [0.29, 0.717) is 0 Å². The van der Waals surface area contributed by atoms with Gasteiger partial charge < -0.3 is 4.57 Å². The van der Waals surface area contributed by atoms with E-state index >= 15 is 0 Å². The zero-order valence-corrected chi connectivity index (χ0v) is 6.96. The summed E-state index contributed by atoms with van der Waals surface area (Å²) in [7, 11) is 0. The van der Waals surface area contributed by atoms with Crippen molar-refractivity contribution in [2.45, 2.75) is 13.8 Å². The molecule has 0 aliphatic rings. The van der Waals surface area contributed by atoms with E-state index in [1.807, 2.05) is 24.6 Å². The van der Waals surface area contributed by atoms with Crippen LogP contribution in [-0.2, 0) is 0 Å². The second-order valence-corrected chi connectivity index (χ2v) is 2.58. The number of aryl methyl sites for hydroxylation is 1. The third-order valence-electron chi connectivity index (χ3n) is 1.43. The summed E-state index contributed by atoms with van der Waals surface area (Å²) in [6.07, 6.45) is 3.65. The van der Waals surface area contributed by atoms with E-state index < -0.39 is 0 Å². The minimum Gasteiger partial charge on any atom is -0.307 e. The lowest BCUT2D eigenvalue weighted by Gasteiger charge is -1.98. The van der Waals surface area contributed by atoms with E-state index in [9.17, 15) is 0 Å². The second-order valence-electron chi connectivity index (χ2n) is 2.58. The molecular formula is C9H12N2. The van der Waals surface area contributed by atoms with Crippen LogP contribution in [0.1, 0.15) is 18.4 Å². The van der Waals surface area contributed by atoms with Crippen LogP contribution >= 0.6 is 0 Å². The monoisotopic (exact) mass is 148 g/mol. The quantitative estimate of drug-likeness (QED) is 0.629. The molecule has 1 rings (SSSR count). The van der Waals surface area contributed by atoms with E-state index in [4.69, 9.17) is 0 Å². The predicted molar refractivity (Wildman–Crippen MR) is 48.1 cm³/mol. The topological polar surface area (TPSA) is 17.8 Å². The van der Waals surface area contributed by atoms with E-state index in [0.717, 1.165) is 17.1 Å². The number of imidazole rings is 1. The van der Waals surface area contributed by atoms with Gasteiger partial charge in [0.1, 0.15) is 5.82 Å². The molecule has 0 aliphatic carbocycles. The third kappa shape index (κ3) is 1.40. The molecule has 58 valence electrons. The fourth-order valence-corrected chi connectivity index (χ4v) is 0.971. The molecule has 0 saturated carbocycles. The molecule has 1 aromatic heterocycles. The zero-order chi connectivity index (χ0) is 8.43. The summed E-state index contributed by atoms with van der Waals surface area (Å²) in [5.41, 5.74) is 1.95. The Morgan fingerprint density at radius 1 is 1.73 bits per heavy atom. The van der Waals surface area contributed by atoms with Crippen molar-refractivity contribution in [3.63, 3.8) is 0 Å². The van der Waals surface area contributed by atoms with Gasteiger partial charge in [-0.1, -0.05) is 13.2 Å². The molecule has 0 saturated heterocycles. The average Bonchev–Trinajstić information content (AvgIpc) is 2.30. The van der Waals surface area contributed by atoms with Crippen molar-refractivity contribution in [1.82, 2.24) is 9.55 Å². The number of nitrogens with zero attached hydrogens (tertiary/aromatic N) is 2. The van der Waals surface area contributed by atoms with Gasteiger partial charge in [0.05, 0.1) is 5.69 Å². The molecule has 0 fully saturated rings. The molecule has 0 aromatic carbocycles. The van der Waals surface area contributed by atoms with Gasteiger partial charge in [0.15, 0.2) is 0 Å². The SMILES string of the molecule is C=Cn1cc(C)nc1C(=C)C. The summed E-state index contributed by atoms with van der Waals surface area (Å²) in [6, 6.07) is 0. The van der Waals surface area contributed by atoms with E-state index in [1.165, 1.54) is 0 Å². The van der Waals surface area contributed by atoms with Gasteiger partial charge in [-0.3, -0.25) is 0 Å². The number of allylic oxidation sites excluding steroid dienone is 1. The molecule has 1 heterocycles. The number of hydrogen-bond donors (Lipinski definition) is 0.